The third-order valence-corrected chi connectivity index (χ3v) is 5.76. The number of piperidine rings is 1. The maximum absolute atomic E-state index is 12.6. The van der Waals surface area contributed by atoms with Crippen molar-refractivity contribution < 1.29 is 13.5 Å². The monoisotopic (exact) mass is 283 g/mol. The summed E-state index contributed by atoms with van der Waals surface area (Å²) in [4.78, 5) is 0.402. The first-order chi connectivity index (χ1) is 9.05. The van der Waals surface area contributed by atoms with E-state index < -0.39 is 10.0 Å². The van der Waals surface area contributed by atoms with Crippen LogP contribution in [0.5, 0.6) is 0 Å². The van der Waals surface area contributed by atoms with Gasteiger partial charge in [-0.2, -0.15) is 4.31 Å². The van der Waals surface area contributed by atoms with Crippen molar-refractivity contribution in [3.63, 3.8) is 0 Å². The van der Waals surface area contributed by atoms with Crippen LogP contribution in [0.4, 0.5) is 0 Å². The zero-order valence-electron chi connectivity index (χ0n) is 11.2. The van der Waals surface area contributed by atoms with Crippen molar-refractivity contribution in [2.24, 2.45) is 5.92 Å². The average molecular weight is 283 g/mol. The maximum Gasteiger partial charge on any atom is 0.243 e. The van der Waals surface area contributed by atoms with E-state index in [1.807, 2.05) is 19.1 Å². The molecule has 4 nitrogen and oxygen atoms in total. The molecule has 1 aliphatic rings. The van der Waals surface area contributed by atoms with Gasteiger partial charge in [0.05, 0.1) is 4.90 Å². The van der Waals surface area contributed by atoms with Crippen LogP contribution in [0.25, 0.3) is 0 Å². The lowest BCUT2D eigenvalue weighted by molar-refractivity contribution is 0.203. The normalized spacial score (nSPS) is 21.5. The summed E-state index contributed by atoms with van der Waals surface area (Å²) in [5.41, 5.74) is 0.784. The lowest BCUT2D eigenvalue weighted by atomic mass is 9.97. The highest BCUT2D eigenvalue weighted by Gasteiger charge is 2.30. The molecule has 1 aromatic carbocycles. The number of aryl methyl sites for hydroxylation is 1. The third-order valence-electron chi connectivity index (χ3n) is 3.73. The number of aliphatic hydroxyl groups is 1. The van der Waals surface area contributed by atoms with E-state index >= 15 is 0 Å². The zero-order chi connectivity index (χ0) is 13.9. The van der Waals surface area contributed by atoms with Crippen LogP contribution in [-0.2, 0) is 10.0 Å². The van der Waals surface area contributed by atoms with Crippen molar-refractivity contribution in [2.45, 2.75) is 31.1 Å². The van der Waals surface area contributed by atoms with Gasteiger partial charge in [-0.3, -0.25) is 0 Å². The summed E-state index contributed by atoms with van der Waals surface area (Å²) in [5, 5.41) is 9.00. The molecule has 1 saturated heterocycles. The van der Waals surface area contributed by atoms with Crippen molar-refractivity contribution in [2.75, 3.05) is 19.7 Å². The fourth-order valence-corrected chi connectivity index (χ4v) is 4.43. The molecule has 0 aromatic heterocycles. The topological polar surface area (TPSA) is 57.6 Å². The van der Waals surface area contributed by atoms with Crippen molar-refractivity contribution in [1.29, 1.82) is 0 Å². The lowest BCUT2D eigenvalue weighted by Crippen LogP contribution is -2.40. The molecule has 0 amide bonds. The molecule has 0 bridgehead atoms. The highest BCUT2D eigenvalue weighted by molar-refractivity contribution is 7.89. The van der Waals surface area contributed by atoms with E-state index in [9.17, 15) is 8.42 Å². The highest BCUT2D eigenvalue weighted by Crippen LogP contribution is 2.26. The van der Waals surface area contributed by atoms with E-state index in [0.29, 0.717) is 24.4 Å². The summed E-state index contributed by atoms with van der Waals surface area (Å²) >= 11 is 0. The van der Waals surface area contributed by atoms with Crippen LogP contribution in [0.15, 0.2) is 29.2 Å². The van der Waals surface area contributed by atoms with E-state index in [0.717, 1.165) is 18.4 Å². The van der Waals surface area contributed by atoms with Crippen molar-refractivity contribution in [1.82, 2.24) is 4.31 Å². The molecule has 0 radical (unpaired) electrons. The molecule has 1 aromatic rings. The number of aliphatic hydroxyl groups excluding tert-OH is 1. The second kappa shape index (κ2) is 6.03. The zero-order valence-corrected chi connectivity index (χ0v) is 12.1. The van der Waals surface area contributed by atoms with Crippen molar-refractivity contribution in [3.8, 4) is 0 Å². The average Bonchev–Trinajstić information content (AvgIpc) is 2.40. The lowest BCUT2D eigenvalue weighted by Gasteiger charge is -2.32. The van der Waals surface area contributed by atoms with Gasteiger partial charge in [-0.1, -0.05) is 18.2 Å². The van der Waals surface area contributed by atoms with E-state index in [-0.39, 0.29) is 12.5 Å². The molecule has 0 saturated carbocycles. The van der Waals surface area contributed by atoms with Gasteiger partial charge in [0.2, 0.25) is 10.0 Å². The van der Waals surface area contributed by atoms with Crippen LogP contribution in [0.2, 0.25) is 0 Å². The molecule has 0 spiro atoms. The quantitative estimate of drug-likeness (QED) is 0.916. The second-order valence-electron chi connectivity index (χ2n) is 5.15. The number of nitrogens with zero attached hydrogens (tertiary/aromatic N) is 1. The predicted octanol–water partition coefficient (Wildman–Crippen LogP) is 1.78. The Kier molecular flexibility index (Phi) is 4.60. The smallest absolute Gasteiger partial charge is 0.243 e. The Balaban J connectivity index is 2.22. The minimum atomic E-state index is -3.39. The summed E-state index contributed by atoms with van der Waals surface area (Å²) in [6.07, 6.45) is 2.55. The summed E-state index contributed by atoms with van der Waals surface area (Å²) in [5.74, 6) is 0.276. The van der Waals surface area contributed by atoms with Gasteiger partial charge in [-0.25, -0.2) is 8.42 Å². The molecule has 19 heavy (non-hydrogen) atoms. The van der Waals surface area contributed by atoms with Crippen molar-refractivity contribution in [3.05, 3.63) is 29.8 Å². The number of hydrogen-bond donors (Lipinski definition) is 1. The summed E-state index contributed by atoms with van der Waals surface area (Å²) in [6, 6.07) is 7.09. The molecule has 5 heteroatoms. The largest absolute Gasteiger partial charge is 0.396 e. The predicted molar refractivity (Wildman–Crippen MR) is 74.4 cm³/mol. The summed E-state index contributed by atoms with van der Waals surface area (Å²) in [6.45, 7) is 3.06. The molecule has 0 aliphatic carbocycles. The molecule has 1 unspecified atom stereocenters. The van der Waals surface area contributed by atoms with Gasteiger partial charge in [0.1, 0.15) is 0 Å². The fourth-order valence-electron chi connectivity index (χ4n) is 2.65. The van der Waals surface area contributed by atoms with Gasteiger partial charge >= 0.3 is 0 Å². The van der Waals surface area contributed by atoms with Crippen molar-refractivity contribution >= 4 is 10.0 Å². The molecule has 2 rings (SSSR count). The van der Waals surface area contributed by atoms with Gasteiger partial charge in [0.25, 0.3) is 0 Å². The minimum absolute atomic E-state index is 0.128. The first-order valence-electron chi connectivity index (χ1n) is 6.72. The van der Waals surface area contributed by atoms with E-state index in [1.54, 1.807) is 16.4 Å². The SMILES string of the molecule is Cc1ccccc1S(=O)(=O)N1CCCC(CCO)C1. The Morgan fingerprint density at radius 2 is 2.11 bits per heavy atom. The van der Waals surface area contributed by atoms with Crippen LogP contribution >= 0.6 is 0 Å². The Morgan fingerprint density at radius 3 is 2.79 bits per heavy atom. The van der Waals surface area contributed by atoms with Gasteiger partial charge in [0, 0.05) is 19.7 Å². The Bertz CT molecular complexity index is 525. The molecular weight excluding hydrogens is 262 g/mol. The van der Waals surface area contributed by atoms with Crippen LogP contribution in [-0.4, -0.2) is 37.5 Å². The number of rotatable bonds is 4. The first-order valence-corrected chi connectivity index (χ1v) is 8.16. The van der Waals surface area contributed by atoms with Gasteiger partial charge in [0.15, 0.2) is 0 Å². The summed E-state index contributed by atoms with van der Waals surface area (Å²) in [7, 11) is -3.39. The Hall–Kier alpha value is -0.910. The Morgan fingerprint density at radius 1 is 1.37 bits per heavy atom. The molecule has 1 N–H and O–H groups in total. The van der Waals surface area contributed by atoms with E-state index in [1.165, 1.54) is 0 Å². The van der Waals surface area contributed by atoms with Gasteiger partial charge in [-0.15, -0.1) is 0 Å². The fraction of sp³-hybridized carbons (Fsp3) is 0.571. The first kappa shape index (κ1) is 14.5. The minimum Gasteiger partial charge on any atom is -0.396 e. The third kappa shape index (κ3) is 3.16. The number of sulfonamides is 1. The van der Waals surface area contributed by atoms with Crippen LogP contribution in [0.3, 0.4) is 0 Å². The van der Waals surface area contributed by atoms with Crippen LogP contribution in [0.1, 0.15) is 24.8 Å². The van der Waals surface area contributed by atoms with E-state index in [4.69, 9.17) is 5.11 Å². The molecule has 1 atom stereocenters. The Labute approximate surface area is 115 Å². The molecule has 1 fully saturated rings. The van der Waals surface area contributed by atoms with E-state index in [2.05, 4.69) is 0 Å². The highest BCUT2D eigenvalue weighted by atomic mass is 32.2. The number of benzene rings is 1. The molecular formula is C14H21NO3S. The summed E-state index contributed by atoms with van der Waals surface area (Å²) < 4.78 is 26.8. The number of hydrogen-bond acceptors (Lipinski definition) is 3. The van der Waals surface area contributed by atoms with Crippen LogP contribution < -0.4 is 0 Å². The maximum atomic E-state index is 12.6. The molecule has 1 heterocycles. The molecule has 1 aliphatic heterocycles. The van der Waals surface area contributed by atoms with Crippen LogP contribution in [0, 0.1) is 12.8 Å². The standard InChI is InChI=1S/C14H21NO3S/c1-12-5-2-3-7-14(12)19(17,18)15-9-4-6-13(11-15)8-10-16/h2-3,5,7,13,16H,4,6,8-11H2,1H3. The van der Waals surface area contributed by atoms with Gasteiger partial charge < -0.3 is 5.11 Å². The molecule has 106 valence electrons. The second-order valence-corrected chi connectivity index (χ2v) is 7.06. The van der Waals surface area contributed by atoms with Gasteiger partial charge in [-0.05, 0) is 43.7 Å².